The molecule has 3 aromatic rings. The third kappa shape index (κ3) is 2.97. The van der Waals surface area contributed by atoms with Gasteiger partial charge in [-0.05, 0) is 30.4 Å². The monoisotopic (exact) mass is 348 g/mol. The Morgan fingerprint density at radius 1 is 1.05 bits per heavy atom. The highest BCUT2D eigenvalue weighted by molar-refractivity contribution is 7.71. The van der Waals surface area contributed by atoms with Gasteiger partial charge in [0.15, 0.2) is 5.82 Å². The molecule has 22 heavy (non-hydrogen) atoms. The number of rotatable bonds is 3. The summed E-state index contributed by atoms with van der Waals surface area (Å²) >= 11 is 17.5. The van der Waals surface area contributed by atoms with Crippen LogP contribution in [0.2, 0.25) is 10.0 Å². The summed E-state index contributed by atoms with van der Waals surface area (Å²) in [5.41, 5.74) is 1.53. The zero-order valence-electron chi connectivity index (χ0n) is 11.2. The Balaban J connectivity index is 2.06. The first kappa shape index (κ1) is 15.0. The zero-order valence-corrected chi connectivity index (χ0v) is 13.5. The van der Waals surface area contributed by atoms with E-state index in [1.54, 1.807) is 18.3 Å². The van der Waals surface area contributed by atoms with Crippen molar-refractivity contribution in [2.45, 2.75) is 0 Å². The molecular formula is C15H10Cl2N4S. The lowest BCUT2D eigenvalue weighted by atomic mass is 10.2. The fraction of sp³-hybridized carbons (Fsp3) is 0. The Labute approximate surface area is 142 Å². The Hall–Kier alpha value is -1.95. The van der Waals surface area contributed by atoms with Crippen LogP contribution in [0.15, 0.2) is 53.6 Å². The first-order valence-electron chi connectivity index (χ1n) is 6.38. The van der Waals surface area contributed by atoms with Crippen molar-refractivity contribution in [2.24, 2.45) is 5.10 Å². The van der Waals surface area contributed by atoms with Crippen molar-refractivity contribution in [1.82, 2.24) is 14.9 Å². The summed E-state index contributed by atoms with van der Waals surface area (Å²) in [5.74, 6) is 0.541. The number of aromatic amines is 1. The van der Waals surface area contributed by atoms with Gasteiger partial charge in [0.05, 0.1) is 11.2 Å². The molecule has 0 spiro atoms. The van der Waals surface area contributed by atoms with Gasteiger partial charge in [-0.3, -0.25) is 0 Å². The lowest BCUT2D eigenvalue weighted by Crippen LogP contribution is -1.95. The summed E-state index contributed by atoms with van der Waals surface area (Å²) in [6.45, 7) is 0. The van der Waals surface area contributed by atoms with Gasteiger partial charge in [0.1, 0.15) is 0 Å². The quantitative estimate of drug-likeness (QED) is 0.545. The summed E-state index contributed by atoms with van der Waals surface area (Å²) in [6, 6.07) is 14.8. The SMILES string of the molecule is S=c1[nH]nc(-c2ccccc2Cl)n1/N=C\c1ccccc1Cl. The second kappa shape index (κ2) is 6.44. The topological polar surface area (TPSA) is 46.0 Å². The maximum absolute atomic E-state index is 6.21. The molecule has 3 rings (SSSR count). The normalized spacial score (nSPS) is 11.2. The Morgan fingerprint density at radius 3 is 2.45 bits per heavy atom. The highest BCUT2D eigenvalue weighted by Crippen LogP contribution is 2.26. The summed E-state index contributed by atoms with van der Waals surface area (Å²) < 4.78 is 1.89. The largest absolute Gasteiger partial charge is 0.250 e. The molecule has 110 valence electrons. The smallest absolute Gasteiger partial charge is 0.216 e. The van der Waals surface area contributed by atoms with Crippen LogP contribution in [0.25, 0.3) is 11.4 Å². The first-order valence-corrected chi connectivity index (χ1v) is 7.54. The van der Waals surface area contributed by atoms with Crippen LogP contribution in [0.1, 0.15) is 5.56 Å². The summed E-state index contributed by atoms with van der Waals surface area (Å²) in [6.07, 6.45) is 1.63. The molecule has 0 saturated carbocycles. The lowest BCUT2D eigenvalue weighted by Gasteiger charge is -2.03. The van der Waals surface area contributed by atoms with Crippen molar-refractivity contribution in [1.29, 1.82) is 0 Å². The van der Waals surface area contributed by atoms with Crippen molar-refractivity contribution in [3.8, 4) is 11.4 Å². The van der Waals surface area contributed by atoms with E-state index < -0.39 is 0 Å². The molecule has 0 bridgehead atoms. The Bertz CT molecular complexity index is 898. The predicted molar refractivity (Wildman–Crippen MR) is 92.3 cm³/mol. The van der Waals surface area contributed by atoms with E-state index in [1.807, 2.05) is 36.4 Å². The molecule has 0 unspecified atom stereocenters. The van der Waals surface area contributed by atoms with Gasteiger partial charge in [0, 0.05) is 16.1 Å². The first-order chi connectivity index (χ1) is 10.7. The molecule has 1 heterocycles. The standard InChI is InChI=1S/C15H10Cl2N4S/c16-12-7-3-1-5-10(12)9-18-21-14(19-20-15(21)22)11-6-2-4-8-13(11)17/h1-9H,(H,20,22)/b18-9-. The number of nitrogens with one attached hydrogen (secondary N) is 1. The van der Waals surface area contributed by atoms with Gasteiger partial charge < -0.3 is 0 Å². The number of benzene rings is 2. The lowest BCUT2D eigenvalue weighted by molar-refractivity contribution is 0.871. The fourth-order valence-electron chi connectivity index (χ4n) is 1.92. The van der Waals surface area contributed by atoms with Crippen LogP contribution in [-0.4, -0.2) is 21.1 Å². The molecule has 0 radical (unpaired) electrons. The van der Waals surface area contributed by atoms with Crippen molar-refractivity contribution < 1.29 is 0 Å². The van der Waals surface area contributed by atoms with Crippen LogP contribution in [-0.2, 0) is 0 Å². The minimum Gasteiger partial charge on any atom is -0.250 e. The molecule has 7 heteroatoms. The minimum atomic E-state index is 0.373. The maximum atomic E-state index is 6.21. The van der Waals surface area contributed by atoms with Crippen LogP contribution in [0.5, 0.6) is 0 Å². The third-order valence-corrected chi connectivity index (χ3v) is 3.92. The van der Waals surface area contributed by atoms with E-state index in [-0.39, 0.29) is 0 Å². The van der Waals surface area contributed by atoms with Crippen LogP contribution in [0.3, 0.4) is 0 Å². The highest BCUT2D eigenvalue weighted by Gasteiger charge is 2.11. The number of hydrogen-bond acceptors (Lipinski definition) is 3. The molecule has 0 saturated heterocycles. The number of H-pyrrole nitrogens is 1. The molecule has 0 aliphatic carbocycles. The molecule has 2 aromatic carbocycles. The molecule has 1 N–H and O–H groups in total. The van der Waals surface area contributed by atoms with Crippen molar-refractivity contribution in [3.63, 3.8) is 0 Å². The van der Waals surface area contributed by atoms with E-state index in [4.69, 9.17) is 35.4 Å². The fourth-order valence-corrected chi connectivity index (χ4v) is 2.50. The van der Waals surface area contributed by atoms with Gasteiger partial charge in [-0.1, -0.05) is 53.5 Å². The van der Waals surface area contributed by atoms with Crippen LogP contribution in [0.4, 0.5) is 0 Å². The van der Waals surface area contributed by atoms with E-state index in [9.17, 15) is 0 Å². The maximum Gasteiger partial charge on any atom is 0.216 e. The van der Waals surface area contributed by atoms with Crippen LogP contribution < -0.4 is 0 Å². The third-order valence-electron chi connectivity index (χ3n) is 2.98. The van der Waals surface area contributed by atoms with E-state index >= 15 is 0 Å². The summed E-state index contributed by atoms with van der Waals surface area (Å²) in [5, 5.41) is 12.5. The van der Waals surface area contributed by atoms with Gasteiger partial charge in [-0.2, -0.15) is 14.9 Å². The Morgan fingerprint density at radius 2 is 1.73 bits per heavy atom. The van der Waals surface area contributed by atoms with Crippen LogP contribution >= 0.6 is 35.4 Å². The van der Waals surface area contributed by atoms with Gasteiger partial charge in [-0.25, -0.2) is 5.10 Å². The molecule has 0 aliphatic rings. The molecule has 0 amide bonds. The summed E-state index contributed by atoms with van der Waals surface area (Å²) in [4.78, 5) is 0. The second-order valence-corrected chi connectivity index (χ2v) is 5.61. The average molecular weight is 349 g/mol. The minimum absolute atomic E-state index is 0.373. The van der Waals surface area contributed by atoms with Gasteiger partial charge >= 0.3 is 0 Å². The van der Waals surface area contributed by atoms with Gasteiger partial charge in [0.2, 0.25) is 4.77 Å². The number of hydrogen-bond donors (Lipinski definition) is 1. The van der Waals surface area contributed by atoms with Crippen molar-refractivity contribution >= 4 is 41.6 Å². The van der Waals surface area contributed by atoms with E-state index in [0.717, 1.165) is 11.1 Å². The molecular weight excluding hydrogens is 339 g/mol. The van der Waals surface area contributed by atoms with Crippen LogP contribution in [0, 0.1) is 4.77 Å². The van der Waals surface area contributed by atoms with Gasteiger partial charge in [0.25, 0.3) is 0 Å². The predicted octanol–water partition coefficient (Wildman–Crippen LogP) is 4.80. The molecule has 1 aromatic heterocycles. The zero-order chi connectivity index (χ0) is 15.5. The number of halogens is 2. The highest BCUT2D eigenvalue weighted by atomic mass is 35.5. The van der Waals surface area contributed by atoms with Gasteiger partial charge in [-0.15, -0.1) is 0 Å². The average Bonchev–Trinajstić information content (AvgIpc) is 2.88. The van der Waals surface area contributed by atoms with E-state index in [2.05, 4.69) is 15.3 Å². The van der Waals surface area contributed by atoms with E-state index in [0.29, 0.717) is 20.6 Å². The number of aromatic nitrogens is 3. The van der Waals surface area contributed by atoms with Crippen molar-refractivity contribution in [3.05, 3.63) is 68.9 Å². The molecule has 0 fully saturated rings. The molecule has 0 aliphatic heterocycles. The number of nitrogens with zero attached hydrogens (tertiary/aromatic N) is 3. The van der Waals surface area contributed by atoms with Crippen molar-refractivity contribution in [2.75, 3.05) is 0 Å². The summed E-state index contributed by atoms with van der Waals surface area (Å²) in [7, 11) is 0. The Kier molecular flexibility index (Phi) is 4.38. The van der Waals surface area contributed by atoms with E-state index in [1.165, 1.54) is 4.68 Å². The molecule has 0 atom stereocenters. The second-order valence-electron chi connectivity index (χ2n) is 4.41. The molecule has 4 nitrogen and oxygen atoms in total.